The Morgan fingerprint density at radius 2 is 1.70 bits per heavy atom. The highest BCUT2D eigenvalue weighted by atomic mass is 32.2. The monoisotopic (exact) mass is 399 g/mol. The Labute approximate surface area is 156 Å². The number of alkyl halides is 3. The molecule has 144 valence electrons. The molecule has 5 nitrogen and oxygen atoms in total. The molecule has 1 atom stereocenters. The summed E-state index contributed by atoms with van der Waals surface area (Å²) < 4.78 is 55.6. The molecule has 1 amide bonds. The van der Waals surface area contributed by atoms with Crippen molar-refractivity contribution < 1.29 is 31.7 Å². The summed E-state index contributed by atoms with van der Waals surface area (Å²) in [6.07, 6.45) is -4.64. The Morgan fingerprint density at radius 1 is 1.07 bits per heavy atom. The summed E-state index contributed by atoms with van der Waals surface area (Å²) in [6, 6.07) is 10.5. The number of esters is 1. The number of rotatable bonds is 6. The first-order valence-electron chi connectivity index (χ1n) is 7.84. The Balaban J connectivity index is 2.05. The topological polar surface area (TPSA) is 72.5 Å². The predicted molar refractivity (Wildman–Crippen MR) is 93.7 cm³/mol. The van der Waals surface area contributed by atoms with Crippen LogP contribution in [0.1, 0.15) is 22.8 Å². The van der Waals surface area contributed by atoms with Crippen molar-refractivity contribution in [3.8, 4) is 0 Å². The summed E-state index contributed by atoms with van der Waals surface area (Å²) in [5.74, 6) is -1.51. The predicted octanol–water partition coefficient (Wildman–Crippen LogP) is 3.63. The van der Waals surface area contributed by atoms with Gasteiger partial charge in [-0.2, -0.15) is 13.2 Å². The number of carbonyl (C=O) groups excluding carboxylic acids is 2. The van der Waals surface area contributed by atoms with Gasteiger partial charge < -0.3 is 10.1 Å². The molecule has 1 N–H and O–H groups in total. The molecule has 0 aliphatic rings. The smallest absolute Gasteiger partial charge is 0.418 e. The molecule has 2 aromatic carbocycles. The molecular formula is C18H16F3NO4S. The number of ether oxygens (including phenoxy) is 1. The lowest BCUT2D eigenvalue weighted by Gasteiger charge is -2.13. The minimum absolute atomic E-state index is 0.0428. The highest BCUT2D eigenvalue weighted by Crippen LogP contribution is 2.34. The van der Waals surface area contributed by atoms with E-state index in [9.17, 15) is 27.0 Å². The standard InChI is InChI=1S/C18H16F3NO4S/c1-2-27(25)15-10-6-3-7-12(15)17(24)26-11-16(23)22-14-9-5-4-8-13(14)18(19,20)21/h3-10H,2,11H2,1H3,(H,22,23)/t27-/m1/s1. The minimum atomic E-state index is -4.64. The zero-order valence-electron chi connectivity index (χ0n) is 14.2. The molecule has 0 fully saturated rings. The van der Waals surface area contributed by atoms with Crippen LogP contribution in [0.4, 0.5) is 18.9 Å². The number of hydrogen-bond acceptors (Lipinski definition) is 4. The number of nitrogens with one attached hydrogen (secondary N) is 1. The summed E-state index contributed by atoms with van der Waals surface area (Å²) in [4.78, 5) is 24.3. The van der Waals surface area contributed by atoms with Gasteiger partial charge in [-0.1, -0.05) is 31.2 Å². The highest BCUT2D eigenvalue weighted by molar-refractivity contribution is 7.85. The number of amides is 1. The van der Waals surface area contributed by atoms with Gasteiger partial charge in [0, 0.05) is 5.75 Å². The van der Waals surface area contributed by atoms with E-state index in [0.717, 1.165) is 12.1 Å². The van der Waals surface area contributed by atoms with Crippen molar-refractivity contribution in [1.82, 2.24) is 0 Å². The van der Waals surface area contributed by atoms with Crippen LogP contribution in [0.3, 0.4) is 0 Å². The van der Waals surface area contributed by atoms with Gasteiger partial charge in [0.2, 0.25) is 0 Å². The molecule has 0 aliphatic heterocycles. The molecule has 2 aromatic rings. The fourth-order valence-electron chi connectivity index (χ4n) is 2.22. The maximum absolute atomic E-state index is 12.9. The molecular weight excluding hydrogens is 383 g/mol. The van der Waals surface area contributed by atoms with Gasteiger partial charge in [0.15, 0.2) is 6.61 Å². The third-order valence-corrected chi connectivity index (χ3v) is 4.83. The molecule has 0 aliphatic carbocycles. The van der Waals surface area contributed by atoms with Crippen LogP contribution in [-0.4, -0.2) is 28.4 Å². The van der Waals surface area contributed by atoms with Crippen molar-refractivity contribution in [2.75, 3.05) is 17.7 Å². The Kier molecular flexibility index (Phi) is 6.73. The van der Waals surface area contributed by atoms with Crippen molar-refractivity contribution in [3.63, 3.8) is 0 Å². The SMILES string of the molecule is CC[S@@](=O)c1ccccc1C(=O)OCC(=O)Nc1ccccc1C(F)(F)F. The summed E-state index contributed by atoms with van der Waals surface area (Å²) in [6.45, 7) is 0.905. The van der Waals surface area contributed by atoms with Crippen molar-refractivity contribution in [1.29, 1.82) is 0 Å². The number of halogens is 3. The van der Waals surface area contributed by atoms with Gasteiger partial charge in [-0.05, 0) is 24.3 Å². The lowest BCUT2D eigenvalue weighted by atomic mass is 10.1. The largest absolute Gasteiger partial charge is 0.452 e. The average molecular weight is 399 g/mol. The zero-order chi connectivity index (χ0) is 20.0. The number of anilines is 1. The first-order valence-corrected chi connectivity index (χ1v) is 9.16. The van der Waals surface area contributed by atoms with Crippen molar-refractivity contribution in [2.45, 2.75) is 18.0 Å². The van der Waals surface area contributed by atoms with Crippen LogP contribution in [0, 0.1) is 0 Å². The molecule has 0 heterocycles. The first kappa shape index (κ1) is 20.6. The second-order valence-electron chi connectivity index (χ2n) is 5.30. The number of hydrogen-bond donors (Lipinski definition) is 1. The number of benzene rings is 2. The van der Waals surface area contributed by atoms with Gasteiger partial charge >= 0.3 is 12.1 Å². The van der Waals surface area contributed by atoms with Gasteiger partial charge in [0.25, 0.3) is 5.91 Å². The van der Waals surface area contributed by atoms with Crippen LogP contribution in [0.25, 0.3) is 0 Å². The summed E-state index contributed by atoms with van der Waals surface area (Å²) in [5, 5.41) is 2.08. The minimum Gasteiger partial charge on any atom is -0.452 e. The molecule has 0 radical (unpaired) electrons. The molecule has 2 rings (SSSR count). The van der Waals surface area contributed by atoms with Crippen molar-refractivity contribution >= 4 is 28.4 Å². The summed E-state index contributed by atoms with van der Waals surface area (Å²) >= 11 is 0. The maximum atomic E-state index is 12.9. The zero-order valence-corrected chi connectivity index (χ0v) is 15.0. The number of para-hydroxylation sites is 1. The van der Waals surface area contributed by atoms with E-state index >= 15 is 0 Å². The van der Waals surface area contributed by atoms with Gasteiger partial charge in [-0.25, -0.2) is 4.79 Å². The van der Waals surface area contributed by atoms with Crippen LogP contribution in [0.5, 0.6) is 0 Å². The molecule has 0 bridgehead atoms. The van der Waals surface area contributed by atoms with Gasteiger partial charge in [0.05, 0.1) is 32.5 Å². The Morgan fingerprint density at radius 3 is 2.37 bits per heavy atom. The quantitative estimate of drug-likeness (QED) is 0.753. The van der Waals surface area contributed by atoms with Gasteiger partial charge in [-0.15, -0.1) is 0 Å². The Bertz CT molecular complexity index is 868. The molecule has 0 saturated heterocycles. The second-order valence-corrected chi connectivity index (χ2v) is 7.01. The van der Waals surface area contributed by atoms with E-state index in [0.29, 0.717) is 5.75 Å². The lowest BCUT2D eigenvalue weighted by Crippen LogP contribution is -2.23. The van der Waals surface area contributed by atoms with Crippen LogP contribution in [-0.2, 0) is 26.5 Å². The average Bonchev–Trinajstić information content (AvgIpc) is 2.65. The molecule has 0 spiro atoms. The fraction of sp³-hybridized carbons (Fsp3) is 0.222. The van der Waals surface area contributed by atoms with E-state index < -0.39 is 46.7 Å². The van der Waals surface area contributed by atoms with E-state index in [1.54, 1.807) is 19.1 Å². The maximum Gasteiger partial charge on any atom is 0.418 e. The van der Waals surface area contributed by atoms with E-state index in [-0.39, 0.29) is 10.5 Å². The molecule has 0 unspecified atom stereocenters. The molecule has 9 heteroatoms. The van der Waals surface area contributed by atoms with Gasteiger partial charge in [0.1, 0.15) is 0 Å². The summed E-state index contributed by atoms with van der Waals surface area (Å²) in [5.41, 5.74) is -1.40. The summed E-state index contributed by atoms with van der Waals surface area (Å²) in [7, 11) is -1.41. The first-order chi connectivity index (χ1) is 12.7. The van der Waals surface area contributed by atoms with Gasteiger partial charge in [-0.3, -0.25) is 9.00 Å². The van der Waals surface area contributed by atoms with E-state index in [1.165, 1.54) is 24.3 Å². The van der Waals surface area contributed by atoms with Crippen LogP contribution in [0.2, 0.25) is 0 Å². The Hall–Kier alpha value is -2.68. The van der Waals surface area contributed by atoms with Crippen LogP contribution in [0.15, 0.2) is 53.4 Å². The second kappa shape index (κ2) is 8.81. The van der Waals surface area contributed by atoms with E-state index in [4.69, 9.17) is 4.74 Å². The third kappa shape index (κ3) is 5.40. The lowest BCUT2D eigenvalue weighted by molar-refractivity contribution is -0.137. The van der Waals surface area contributed by atoms with E-state index in [1.807, 2.05) is 0 Å². The normalized spacial score (nSPS) is 12.3. The van der Waals surface area contributed by atoms with Crippen LogP contribution >= 0.6 is 0 Å². The number of carbonyl (C=O) groups is 2. The third-order valence-electron chi connectivity index (χ3n) is 3.46. The van der Waals surface area contributed by atoms with E-state index in [2.05, 4.69) is 5.32 Å². The van der Waals surface area contributed by atoms with Crippen LogP contribution < -0.4 is 5.32 Å². The molecule has 27 heavy (non-hydrogen) atoms. The van der Waals surface area contributed by atoms with Crippen molar-refractivity contribution in [3.05, 3.63) is 59.7 Å². The fourth-order valence-corrected chi connectivity index (χ4v) is 3.16. The van der Waals surface area contributed by atoms with Crippen molar-refractivity contribution in [2.24, 2.45) is 0 Å². The highest BCUT2D eigenvalue weighted by Gasteiger charge is 2.33. The molecule has 0 saturated carbocycles. The molecule has 0 aromatic heterocycles.